The molecule has 5 nitrogen and oxygen atoms in total. The summed E-state index contributed by atoms with van der Waals surface area (Å²) >= 11 is 0. The minimum Gasteiger partial charge on any atom is -0.462 e. The predicted molar refractivity (Wildman–Crippen MR) is 81.5 cm³/mol. The van der Waals surface area contributed by atoms with Crippen molar-refractivity contribution < 1.29 is 22.7 Å². The molecule has 0 atom stereocenters. The maximum absolute atomic E-state index is 12.9. The lowest BCUT2D eigenvalue weighted by molar-refractivity contribution is -0.137. The van der Waals surface area contributed by atoms with Crippen LogP contribution in [0.5, 0.6) is 0 Å². The summed E-state index contributed by atoms with van der Waals surface area (Å²) in [5, 5.41) is 7.11. The quantitative estimate of drug-likeness (QED) is 0.872. The van der Waals surface area contributed by atoms with Crippen LogP contribution in [-0.4, -0.2) is 28.9 Å². The van der Waals surface area contributed by atoms with Crippen molar-refractivity contribution in [3.8, 4) is 0 Å². The van der Waals surface area contributed by atoms with E-state index in [-0.39, 0.29) is 12.2 Å². The van der Waals surface area contributed by atoms with Gasteiger partial charge in [0.2, 0.25) is 0 Å². The van der Waals surface area contributed by atoms with Crippen LogP contribution in [0.15, 0.2) is 36.5 Å². The van der Waals surface area contributed by atoms with E-state index in [0.717, 1.165) is 12.1 Å². The normalized spacial score (nSPS) is 13.8. The van der Waals surface area contributed by atoms with Crippen LogP contribution in [0.1, 0.15) is 28.4 Å². The molecule has 2 heterocycles. The van der Waals surface area contributed by atoms with Crippen LogP contribution in [0, 0.1) is 0 Å². The summed E-state index contributed by atoms with van der Waals surface area (Å²) < 4.78 is 45.1. The molecule has 0 bridgehead atoms. The minimum atomic E-state index is -4.42. The maximum Gasteiger partial charge on any atom is 0.416 e. The number of nitrogens with zero attached hydrogens (tertiary/aromatic N) is 2. The molecular formula is C16H14F3N3O2. The minimum absolute atomic E-state index is 0.222. The van der Waals surface area contributed by atoms with E-state index in [0.29, 0.717) is 23.6 Å². The molecule has 24 heavy (non-hydrogen) atoms. The molecule has 0 spiro atoms. The third-order valence-electron chi connectivity index (χ3n) is 3.54. The van der Waals surface area contributed by atoms with Crippen LogP contribution in [0.25, 0.3) is 5.70 Å². The molecule has 0 saturated carbocycles. The number of nitrogens with one attached hydrogen (secondary N) is 1. The van der Waals surface area contributed by atoms with Crippen LogP contribution in [0.3, 0.4) is 0 Å². The van der Waals surface area contributed by atoms with Gasteiger partial charge in [0.15, 0.2) is 0 Å². The number of alkyl halides is 3. The Labute approximate surface area is 135 Å². The zero-order chi connectivity index (χ0) is 17.3. The molecule has 0 unspecified atom stereocenters. The summed E-state index contributed by atoms with van der Waals surface area (Å²) in [6.07, 6.45) is -1.37. The number of carbonyl (C=O) groups is 1. The predicted octanol–water partition coefficient (Wildman–Crippen LogP) is 3.39. The Kier molecular flexibility index (Phi) is 4.04. The standard InChI is InChI=1S/C16H14F3N3O2/c1-2-24-15(23)12-9-21-22-13(6-7-20-14(12)22)10-4-3-5-11(8-10)16(17,18)19/h3-6,8-9,20H,2,7H2,1H3. The smallest absolute Gasteiger partial charge is 0.416 e. The van der Waals surface area contributed by atoms with Crippen LogP contribution < -0.4 is 5.32 Å². The van der Waals surface area contributed by atoms with E-state index >= 15 is 0 Å². The van der Waals surface area contributed by atoms with Crippen molar-refractivity contribution in [3.05, 3.63) is 53.2 Å². The Morgan fingerprint density at radius 1 is 1.42 bits per heavy atom. The Bertz CT molecular complexity index is 809. The first-order valence-electron chi connectivity index (χ1n) is 7.29. The fourth-order valence-corrected chi connectivity index (χ4v) is 2.49. The largest absolute Gasteiger partial charge is 0.462 e. The summed E-state index contributed by atoms with van der Waals surface area (Å²) in [6, 6.07) is 4.99. The van der Waals surface area contributed by atoms with Crippen molar-refractivity contribution in [3.63, 3.8) is 0 Å². The molecule has 1 aliphatic heterocycles. The van der Waals surface area contributed by atoms with E-state index in [1.54, 1.807) is 19.1 Å². The molecule has 126 valence electrons. The highest BCUT2D eigenvalue weighted by Crippen LogP contribution is 2.33. The number of hydrogen-bond donors (Lipinski definition) is 1. The Balaban J connectivity index is 2.01. The highest BCUT2D eigenvalue weighted by atomic mass is 19.4. The van der Waals surface area contributed by atoms with Crippen molar-refractivity contribution in [2.75, 3.05) is 18.5 Å². The Morgan fingerprint density at radius 2 is 2.21 bits per heavy atom. The van der Waals surface area contributed by atoms with Crippen molar-refractivity contribution >= 4 is 17.5 Å². The third kappa shape index (κ3) is 2.86. The Morgan fingerprint density at radius 3 is 2.92 bits per heavy atom. The van der Waals surface area contributed by atoms with Gasteiger partial charge in [-0.15, -0.1) is 0 Å². The molecule has 1 N–H and O–H groups in total. The number of esters is 1. The van der Waals surface area contributed by atoms with Gasteiger partial charge in [-0.25, -0.2) is 9.48 Å². The van der Waals surface area contributed by atoms with Crippen LogP contribution in [0.2, 0.25) is 0 Å². The molecule has 0 radical (unpaired) electrons. The number of aromatic nitrogens is 2. The first kappa shape index (κ1) is 16.1. The van der Waals surface area contributed by atoms with E-state index in [9.17, 15) is 18.0 Å². The summed E-state index contributed by atoms with van der Waals surface area (Å²) in [6.45, 7) is 2.28. The molecular weight excluding hydrogens is 323 g/mol. The summed E-state index contributed by atoms with van der Waals surface area (Å²) in [4.78, 5) is 11.9. The Hall–Kier alpha value is -2.77. The summed E-state index contributed by atoms with van der Waals surface area (Å²) in [5.41, 5.74) is 0.352. The molecule has 0 saturated heterocycles. The molecule has 2 aromatic rings. The number of fused-ring (bicyclic) bond motifs is 1. The molecule has 3 rings (SSSR count). The first-order valence-corrected chi connectivity index (χ1v) is 7.29. The van der Waals surface area contributed by atoms with E-state index in [1.165, 1.54) is 16.9 Å². The van der Waals surface area contributed by atoms with Crippen LogP contribution in [0.4, 0.5) is 19.0 Å². The van der Waals surface area contributed by atoms with Crippen molar-refractivity contribution in [1.82, 2.24) is 9.78 Å². The summed E-state index contributed by atoms with van der Waals surface area (Å²) in [5.74, 6) is -0.125. The lowest BCUT2D eigenvalue weighted by Crippen LogP contribution is -2.18. The second kappa shape index (κ2) is 6.03. The van der Waals surface area contributed by atoms with Gasteiger partial charge in [0.05, 0.1) is 24.1 Å². The van der Waals surface area contributed by atoms with E-state index in [4.69, 9.17) is 4.74 Å². The third-order valence-corrected chi connectivity index (χ3v) is 3.54. The number of anilines is 1. The number of carbonyl (C=O) groups excluding carboxylic acids is 1. The zero-order valence-corrected chi connectivity index (χ0v) is 12.7. The van der Waals surface area contributed by atoms with Gasteiger partial charge in [0.1, 0.15) is 11.4 Å². The zero-order valence-electron chi connectivity index (χ0n) is 12.7. The van der Waals surface area contributed by atoms with Gasteiger partial charge in [0.25, 0.3) is 0 Å². The topological polar surface area (TPSA) is 56.1 Å². The molecule has 0 amide bonds. The van der Waals surface area contributed by atoms with E-state index in [2.05, 4.69) is 10.4 Å². The monoisotopic (exact) mass is 337 g/mol. The SMILES string of the molecule is CCOC(=O)c1cnn2c1NCC=C2c1cccc(C(F)(F)F)c1. The number of benzene rings is 1. The van der Waals surface area contributed by atoms with Gasteiger partial charge < -0.3 is 10.1 Å². The number of rotatable bonds is 3. The molecule has 0 aliphatic carbocycles. The second-order valence-electron chi connectivity index (χ2n) is 5.09. The molecule has 1 aromatic heterocycles. The summed E-state index contributed by atoms with van der Waals surface area (Å²) in [7, 11) is 0. The molecule has 8 heteroatoms. The van der Waals surface area contributed by atoms with Gasteiger partial charge >= 0.3 is 12.1 Å². The van der Waals surface area contributed by atoms with Gasteiger partial charge in [-0.2, -0.15) is 18.3 Å². The van der Waals surface area contributed by atoms with Gasteiger partial charge in [-0.1, -0.05) is 12.1 Å². The van der Waals surface area contributed by atoms with Crippen molar-refractivity contribution in [1.29, 1.82) is 0 Å². The molecule has 1 aliphatic rings. The van der Waals surface area contributed by atoms with Gasteiger partial charge in [0, 0.05) is 12.1 Å². The molecule has 1 aromatic carbocycles. The highest BCUT2D eigenvalue weighted by Gasteiger charge is 2.31. The first-order chi connectivity index (χ1) is 11.4. The van der Waals surface area contributed by atoms with E-state index < -0.39 is 17.7 Å². The maximum atomic E-state index is 12.9. The second-order valence-corrected chi connectivity index (χ2v) is 5.09. The number of halogens is 3. The van der Waals surface area contributed by atoms with Crippen LogP contribution in [-0.2, 0) is 10.9 Å². The highest BCUT2D eigenvalue weighted by molar-refractivity contribution is 5.96. The fraction of sp³-hybridized carbons (Fsp3) is 0.250. The average molecular weight is 337 g/mol. The fourth-order valence-electron chi connectivity index (χ4n) is 2.49. The number of hydrogen-bond acceptors (Lipinski definition) is 4. The van der Waals surface area contributed by atoms with Crippen LogP contribution >= 0.6 is 0 Å². The van der Waals surface area contributed by atoms with Gasteiger partial charge in [-0.3, -0.25) is 0 Å². The van der Waals surface area contributed by atoms with Crippen molar-refractivity contribution in [2.45, 2.75) is 13.1 Å². The average Bonchev–Trinajstić information content (AvgIpc) is 2.98. The van der Waals surface area contributed by atoms with Gasteiger partial charge in [-0.05, 0) is 25.1 Å². The number of ether oxygens (including phenoxy) is 1. The molecule has 0 fully saturated rings. The lowest BCUT2D eigenvalue weighted by atomic mass is 10.1. The van der Waals surface area contributed by atoms with Crippen molar-refractivity contribution in [2.24, 2.45) is 0 Å². The lowest BCUT2D eigenvalue weighted by Gasteiger charge is -2.19. The van der Waals surface area contributed by atoms with E-state index in [1.807, 2.05) is 0 Å².